The molecular weight excluding hydrogens is 1200 g/mol. The number of carbonyl (C=O) groups is 4. The number of carboxylic acids is 2. The zero-order valence-corrected chi connectivity index (χ0v) is 54.6. The molecule has 0 radical (unpaired) electrons. The van der Waals surface area contributed by atoms with Crippen LogP contribution in [-0.4, -0.2) is 74.8 Å². The van der Waals surface area contributed by atoms with E-state index in [0.29, 0.717) is 85.4 Å². The monoisotopic (exact) mass is 1260 g/mol. The van der Waals surface area contributed by atoms with Gasteiger partial charge in [0, 0.05) is 68.2 Å². The molecule has 0 saturated carbocycles. The Kier molecular flexibility index (Phi) is 43.5. The van der Waals surface area contributed by atoms with Gasteiger partial charge in [-0.25, -0.2) is 11.7 Å². The second-order valence-electron chi connectivity index (χ2n) is 15.8. The number of amides is 2. The van der Waals surface area contributed by atoms with E-state index in [9.17, 15) is 19.2 Å². The summed E-state index contributed by atoms with van der Waals surface area (Å²) in [5.41, 5.74) is 7.81. The molecule has 0 aliphatic heterocycles. The minimum Gasteiger partial charge on any atom is -0.719 e. The summed E-state index contributed by atoms with van der Waals surface area (Å²) < 4.78 is 21.6. The number of unbranched alkanes of at least 4 members (excludes halogenated alkanes) is 4. The van der Waals surface area contributed by atoms with E-state index in [1.807, 2.05) is 65.4 Å². The number of rotatable bonds is 27. The van der Waals surface area contributed by atoms with E-state index < -0.39 is 11.9 Å². The van der Waals surface area contributed by atoms with Gasteiger partial charge in [0.1, 0.15) is 0 Å². The Labute approximate surface area is 565 Å². The maximum atomic E-state index is 10.6. The number of thioether (sulfide) groups is 2. The van der Waals surface area contributed by atoms with Gasteiger partial charge in [0.25, 0.3) is 10.4 Å². The Balaban J connectivity index is 0.000000536. The van der Waals surface area contributed by atoms with Gasteiger partial charge in [-0.3, -0.25) is 30.0 Å². The fourth-order valence-corrected chi connectivity index (χ4v) is 7.97. The largest absolute Gasteiger partial charge is 1.00 e. The fraction of sp³-hybridized carbons (Fsp3) is 0.388. The summed E-state index contributed by atoms with van der Waals surface area (Å²) in [7, 11) is 0. The molecule has 0 aliphatic rings. The van der Waals surface area contributed by atoms with Crippen molar-refractivity contribution in [1.29, 1.82) is 0 Å². The van der Waals surface area contributed by atoms with E-state index in [1.54, 1.807) is 23.5 Å². The third-order valence-corrected chi connectivity index (χ3v) is 12.4. The van der Waals surface area contributed by atoms with E-state index in [0.717, 1.165) is 55.4 Å². The van der Waals surface area contributed by atoms with Crippen LogP contribution >= 0.6 is 39.5 Å². The predicted molar refractivity (Wildman–Crippen MR) is 290 cm³/mol. The first-order valence-electron chi connectivity index (χ1n) is 23.8. The number of aromatic nitrogens is 8. The molecule has 0 bridgehead atoms. The number of alkyl halides is 1. The average Bonchev–Trinajstić information content (AvgIpc) is 4.28. The Bertz CT molecular complexity index is 2500. The van der Waals surface area contributed by atoms with E-state index >= 15 is 0 Å². The van der Waals surface area contributed by atoms with Crippen LogP contribution in [0.15, 0.2) is 130 Å². The summed E-state index contributed by atoms with van der Waals surface area (Å²) >= 11 is 15.9. The molecule has 3 aromatic carbocycles. The number of nitrogens with zero attached hydrogens (tertiary/aromatic N) is 8. The first-order valence-corrected chi connectivity index (χ1v) is 27.8. The van der Waals surface area contributed by atoms with Crippen LogP contribution in [0.25, 0.3) is 0 Å². The summed E-state index contributed by atoms with van der Waals surface area (Å²) in [6.07, 6.45) is 9.54. The molecule has 0 atom stereocenters. The predicted octanol–water partition coefficient (Wildman–Crippen LogP) is 2.26. The Morgan fingerprint density at radius 1 is 0.462 bits per heavy atom. The van der Waals surface area contributed by atoms with Crippen molar-refractivity contribution < 1.29 is 150 Å². The van der Waals surface area contributed by atoms with Crippen LogP contribution in [0.1, 0.15) is 117 Å². The molecule has 7 rings (SSSR count). The number of nitrogens with two attached hydrogens (primary N) is 2. The summed E-state index contributed by atoms with van der Waals surface area (Å²) in [5.74, 6) is 11.6. The van der Waals surface area contributed by atoms with Gasteiger partial charge < -0.3 is 53.1 Å². The third kappa shape index (κ3) is 37.0. The number of hydrazine groups is 2. The molecule has 78 heavy (non-hydrogen) atoms. The minimum atomic E-state index is -0.870. The van der Waals surface area contributed by atoms with Crippen molar-refractivity contribution in [2.45, 2.75) is 140 Å². The summed E-state index contributed by atoms with van der Waals surface area (Å²) in [5, 5.41) is 50.1. The van der Waals surface area contributed by atoms with Gasteiger partial charge >= 0.3 is 115 Å². The van der Waals surface area contributed by atoms with Gasteiger partial charge in [0.15, 0.2) is 0 Å². The zero-order chi connectivity index (χ0) is 55.0. The topological polar surface area (TPSA) is 341 Å². The van der Waals surface area contributed by atoms with Crippen LogP contribution in [0, 0.1) is 0 Å². The third-order valence-electron chi connectivity index (χ3n) is 9.67. The molecule has 0 spiro atoms. The molecule has 8 N–H and O–H groups in total. The molecular formula is C49H61BrK2N12O10S4. The van der Waals surface area contributed by atoms with Crippen LogP contribution in [0.5, 0.6) is 0 Å². The van der Waals surface area contributed by atoms with Crippen LogP contribution in [-0.2, 0) is 87.0 Å². The normalized spacial score (nSPS) is 9.99. The van der Waals surface area contributed by atoms with Crippen molar-refractivity contribution in [3.05, 3.63) is 131 Å². The first-order chi connectivity index (χ1) is 36.8. The molecule has 29 heteroatoms. The maximum absolute atomic E-state index is 10.6. The number of nitrogens with one attached hydrogen (secondary N) is 2. The number of benzene rings is 3. The second kappa shape index (κ2) is 46.5. The Morgan fingerprint density at radius 3 is 1.05 bits per heavy atom. The van der Waals surface area contributed by atoms with Crippen molar-refractivity contribution >= 4 is 88.5 Å². The van der Waals surface area contributed by atoms with Gasteiger partial charge in [-0.05, 0) is 68.1 Å². The second-order valence-corrected chi connectivity index (χ2v) is 18.9. The number of carbonyl (C=O) groups excluding carboxylic acids is 2. The van der Waals surface area contributed by atoms with Crippen LogP contribution in [0.3, 0.4) is 0 Å². The van der Waals surface area contributed by atoms with E-state index in [4.69, 9.17) is 64.8 Å². The molecule has 4 aromatic heterocycles. The molecule has 410 valence electrons. The molecule has 0 fully saturated rings. The van der Waals surface area contributed by atoms with Gasteiger partial charge in [-0.1, -0.05) is 130 Å². The van der Waals surface area contributed by atoms with Crippen molar-refractivity contribution in [2.24, 2.45) is 11.7 Å². The smallest absolute Gasteiger partial charge is 0.719 e. The first kappa shape index (κ1) is 72.9. The molecule has 4 heterocycles. The summed E-state index contributed by atoms with van der Waals surface area (Å²) in [6, 6.07) is 30.8. The number of aryl methyl sites for hydroxylation is 4. The van der Waals surface area contributed by atoms with Gasteiger partial charge in [-0.2, -0.15) is 0 Å². The average molecular weight is 1260 g/mol. The summed E-state index contributed by atoms with van der Waals surface area (Å²) in [6.45, 7) is 0. The molecule has 7 aromatic rings. The molecule has 2 amide bonds. The number of hydrogen-bond donors (Lipinski definition) is 6. The fourth-order valence-electron chi connectivity index (χ4n) is 5.85. The van der Waals surface area contributed by atoms with E-state index in [1.165, 1.54) is 16.7 Å². The standard InChI is InChI=1S/C22H22N4O2S2.C8H10N4O2S2.C7H7Br.C6H14N4O2.C6H10O4.2K/c1-3-9-17(10-4-1)15-29-21-25-23-19(27-21)13-7-8-14-20-24-26-22(28-20)30-16-18-11-5-2-6-12-18;15-7-11-9-5(13-7)3-1-2-4-6-10-12-8(16)14-6;8-6-7-4-2-1-3-5-7;7-9-5(11)3-1-2-4-6(12)10-8;7-5(8)3-1-2-4-6(9)10;;/h1-6,9-12H,7-8,13-16H2;1-4H2,(H,11,15)(H,12,16);1-5H,6H2;1-4,7-8H2,(H,9,11)(H,10,12);1-4H2,(H,7,8)(H,9,10);;/q;;;;;2*+1/p-2. The van der Waals surface area contributed by atoms with Crippen molar-refractivity contribution in [3.8, 4) is 0 Å². The number of carboxylic acid groups (broad SMARTS) is 2. The molecule has 0 aliphatic carbocycles. The van der Waals surface area contributed by atoms with Crippen LogP contribution in [0.4, 0.5) is 0 Å². The Morgan fingerprint density at radius 2 is 0.769 bits per heavy atom. The maximum Gasteiger partial charge on any atom is 1.00 e. The van der Waals surface area contributed by atoms with E-state index in [2.05, 4.69) is 93.1 Å². The van der Waals surface area contributed by atoms with Crippen LogP contribution in [0.2, 0.25) is 0 Å². The van der Waals surface area contributed by atoms with Crippen molar-refractivity contribution in [3.63, 3.8) is 0 Å². The van der Waals surface area contributed by atoms with Crippen molar-refractivity contribution in [1.82, 2.24) is 51.6 Å². The van der Waals surface area contributed by atoms with Crippen molar-refractivity contribution in [2.75, 3.05) is 0 Å². The molecule has 22 nitrogen and oxygen atoms in total. The molecule has 0 unspecified atom stereocenters. The number of halogens is 1. The Hall–Kier alpha value is -3.09. The van der Waals surface area contributed by atoms with E-state index in [-0.39, 0.29) is 138 Å². The summed E-state index contributed by atoms with van der Waals surface area (Å²) in [4.78, 5) is 40.9. The zero-order valence-electron chi connectivity index (χ0n) is 43.5. The SMILES string of the molecule is BrCc1ccccc1.NNC(=O)CCCCC(=O)NN.O=C(O)CCCCC(=O)O.[K+].[K+].[S-]c1nnc(CCCCc2nnc([S-])o2)o1.c1ccc(CSc2nnc(CCCCc3nnc(SCc4ccccc4)o3)o2)cc1. The van der Waals surface area contributed by atoms with Gasteiger partial charge in [0.05, 0.1) is 10.4 Å². The van der Waals surface area contributed by atoms with Crippen LogP contribution < -0.4 is 125 Å². The molecule has 0 saturated heterocycles. The number of hydrogen-bond acceptors (Lipinski definition) is 22. The van der Waals surface area contributed by atoms with Gasteiger partial charge in [-0.15, -0.1) is 40.8 Å². The minimum absolute atomic E-state index is 0. The quantitative estimate of drug-likeness (QED) is 0.00628. The van der Waals surface area contributed by atoms with Gasteiger partial charge in [0.2, 0.25) is 35.4 Å². The number of aliphatic carboxylic acids is 2.